The number of hydrazone groups is 1. The molecule has 3 aromatic carbocycles. The highest BCUT2D eigenvalue weighted by molar-refractivity contribution is 14.1. The van der Waals surface area contributed by atoms with Crippen molar-refractivity contribution in [1.82, 2.24) is 10.7 Å². The lowest BCUT2D eigenvalue weighted by atomic mass is 10.1. The van der Waals surface area contributed by atoms with Crippen LogP contribution in [0.25, 0.3) is 0 Å². The van der Waals surface area contributed by atoms with Crippen molar-refractivity contribution in [2.45, 2.75) is 25.5 Å². The number of benzene rings is 3. The van der Waals surface area contributed by atoms with Gasteiger partial charge in [0.2, 0.25) is 0 Å². The molecular weight excluding hydrogens is 688 g/mol. The van der Waals surface area contributed by atoms with E-state index in [0.29, 0.717) is 19.9 Å². The molecule has 216 valence electrons. The van der Waals surface area contributed by atoms with Crippen LogP contribution in [0.3, 0.4) is 0 Å². The molecule has 3 aromatic rings. The van der Waals surface area contributed by atoms with E-state index in [1.807, 2.05) is 52.9 Å². The van der Waals surface area contributed by atoms with Gasteiger partial charge in [0.1, 0.15) is 11.8 Å². The number of amides is 2. The lowest BCUT2D eigenvalue weighted by Gasteiger charge is -2.21. The van der Waals surface area contributed by atoms with Crippen LogP contribution < -0.4 is 25.0 Å². The monoisotopic (exact) mass is 713 g/mol. The zero-order valence-corrected chi connectivity index (χ0v) is 25.6. The van der Waals surface area contributed by atoms with Crippen molar-refractivity contribution in [1.29, 1.82) is 0 Å². The summed E-state index contributed by atoms with van der Waals surface area (Å²) in [5.41, 5.74) is 3.84. The number of hydrogen-bond donors (Lipinski definition) is 3. The van der Waals surface area contributed by atoms with E-state index in [1.54, 1.807) is 24.3 Å². The molecular formula is C28H26Cl2IN3O7. The van der Waals surface area contributed by atoms with E-state index in [2.05, 4.69) is 15.8 Å². The Morgan fingerprint density at radius 3 is 2.44 bits per heavy atom. The third-order valence-electron chi connectivity index (χ3n) is 5.46. The summed E-state index contributed by atoms with van der Waals surface area (Å²) in [6.45, 7) is 1.01. The van der Waals surface area contributed by atoms with Crippen LogP contribution in [0, 0.1) is 3.57 Å². The number of nitrogens with one attached hydrogen (secondary N) is 2. The molecule has 2 amide bonds. The molecule has 3 N–H and O–H groups in total. The summed E-state index contributed by atoms with van der Waals surface area (Å²) in [6, 6.07) is 16.1. The van der Waals surface area contributed by atoms with Crippen molar-refractivity contribution >= 4 is 69.8 Å². The summed E-state index contributed by atoms with van der Waals surface area (Å²) in [4.78, 5) is 37.0. The molecule has 2 atom stereocenters. The maximum absolute atomic E-state index is 13.1. The summed E-state index contributed by atoms with van der Waals surface area (Å²) >= 11 is 14.1. The van der Waals surface area contributed by atoms with Crippen molar-refractivity contribution in [3.05, 3.63) is 85.4 Å². The first kappa shape index (κ1) is 32.0. The van der Waals surface area contributed by atoms with Gasteiger partial charge in [0, 0.05) is 11.4 Å². The second kappa shape index (κ2) is 15.5. The zero-order chi connectivity index (χ0) is 29.9. The third-order valence-corrected chi connectivity index (χ3v) is 6.79. The van der Waals surface area contributed by atoms with E-state index in [-0.39, 0.29) is 22.9 Å². The van der Waals surface area contributed by atoms with E-state index in [9.17, 15) is 14.4 Å². The number of nitrogens with zero attached hydrogens (tertiary/aromatic N) is 1. The maximum atomic E-state index is 13.1. The van der Waals surface area contributed by atoms with Crippen molar-refractivity contribution in [3.63, 3.8) is 0 Å². The Morgan fingerprint density at radius 2 is 1.78 bits per heavy atom. The van der Waals surface area contributed by atoms with Crippen molar-refractivity contribution in [3.8, 4) is 17.2 Å². The highest BCUT2D eigenvalue weighted by Crippen LogP contribution is 2.33. The van der Waals surface area contributed by atoms with Gasteiger partial charge in [-0.25, -0.2) is 10.2 Å². The first-order valence-electron chi connectivity index (χ1n) is 12.1. The molecule has 0 saturated carbocycles. The van der Waals surface area contributed by atoms with Crippen LogP contribution in [0.2, 0.25) is 10.0 Å². The van der Waals surface area contributed by atoms with E-state index in [0.717, 1.165) is 5.56 Å². The molecule has 3 rings (SSSR count). The van der Waals surface area contributed by atoms with Crippen LogP contribution in [0.1, 0.15) is 18.1 Å². The number of carboxylic acids is 1. The molecule has 10 nitrogen and oxygen atoms in total. The van der Waals surface area contributed by atoms with E-state index < -0.39 is 36.5 Å². The van der Waals surface area contributed by atoms with Gasteiger partial charge in [-0.15, -0.1) is 0 Å². The Kier molecular flexibility index (Phi) is 12.0. The molecule has 0 heterocycles. The Morgan fingerprint density at radius 1 is 1.05 bits per heavy atom. The van der Waals surface area contributed by atoms with Gasteiger partial charge in [0.05, 0.1) is 21.9 Å². The fourth-order valence-electron chi connectivity index (χ4n) is 3.50. The second-order valence-corrected chi connectivity index (χ2v) is 10.5. The van der Waals surface area contributed by atoms with Crippen LogP contribution in [-0.2, 0) is 20.8 Å². The van der Waals surface area contributed by atoms with Gasteiger partial charge >= 0.3 is 5.97 Å². The van der Waals surface area contributed by atoms with Crippen LogP contribution >= 0.6 is 45.8 Å². The average molecular weight is 714 g/mol. The average Bonchev–Trinajstić information content (AvgIpc) is 2.93. The van der Waals surface area contributed by atoms with Crippen LogP contribution in [0.5, 0.6) is 17.2 Å². The fraction of sp³-hybridized carbons (Fsp3) is 0.214. The molecule has 0 fully saturated rings. The van der Waals surface area contributed by atoms with Gasteiger partial charge < -0.3 is 24.6 Å². The molecule has 0 bridgehead atoms. The minimum atomic E-state index is -1.12. The fourth-order valence-corrected chi connectivity index (χ4v) is 4.73. The SMILES string of the molecule is COc1cc(/C=N\NC(=O)[C@@H](Cc2ccccc2)NC(=O)[C@@H](C)Oc2ccc(Cl)cc2Cl)cc(I)c1OCC(=O)O. The van der Waals surface area contributed by atoms with Gasteiger partial charge in [-0.3, -0.25) is 9.59 Å². The number of carbonyl (C=O) groups excluding carboxylic acids is 2. The molecule has 0 aliphatic heterocycles. The Hall–Kier alpha value is -3.55. The molecule has 0 aliphatic carbocycles. The minimum Gasteiger partial charge on any atom is -0.493 e. The van der Waals surface area contributed by atoms with Crippen LogP contribution in [-0.4, -0.2) is 55.0 Å². The van der Waals surface area contributed by atoms with Crippen molar-refractivity contribution in [2.24, 2.45) is 5.10 Å². The largest absolute Gasteiger partial charge is 0.493 e. The normalized spacial score (nSPS) is 12.3. The summed E-state index contributed by atoms with van der Waals surface area (Å²) in [7, 11) is 1.42. The molecule has 0 aromatic heterocycles. The summed E-state index contributed by atoms with van der Waals surface area (Å²) < 4.78 is 16.9. The van der Waals surface area contributed by atoms with Crippen LogP contribution in [0.4, 0.5) is 0 Å². The first-order valence-corrected chi connectivity index (χ1v) is 13.9. The van der Waals surface area contributed by atoms with Crippen molar-refractivity contribution in [2.75, 3.05) is 13.7 Å². The van der Waals surface area contributed by atoms with Gasteiger partial charge in [-0.2, -0.15) is 5.10 Å². The maximum Gasteiger partial charge on any atom is 0.341 e. The quantitative estimate of drug-likeness (QED) is 0.133. The zero-order valence-electron chi connectivity index (χ0n) is 21.9. The predicted molar refractivity (Wildman–Crippen MR) is 163 cm³/mol. The summed E-state index contributed by atoms with van der Waals surface area (Å²) in [5.74, 6) is -1.36. The molecule has 41 heavy (non-hydrogen) atoms. The molecule has 0 radical (unpaired) electrons. The standard InChI is InChI=1S/C28H26Cl2IN3O7/c1-16(41-23-9-8-19(29)13-20(23)30)27(37)33-22(11-17-6-4-3-5-7-17)28(38)34-32-14-18-10-21(31)26(24(12-18)39-2)40-15-25(35)36/h3-10,12-14,16,22H,11,15H2,1-2H3,(H,33,37)(H,34,38)(H,35,36)/b32-14-/t16-,22-/m1/s1. The molecule has 0 aliphatic rings. The van der Waals surface area contributed by atoms with E-state index >= 15 is 0 Å². The number of carbonyl (C=O) groups is 3. The number of methoxy groups -OCH3 is 1. The van der Waals surface area contributed by atoms with Gasteiger partial charge in [-0.05, 0) is 71.0 Å². The molecule has 13 heteroatoms. The topological polar surface area (TPSA) is 136 Å². The highest BCUT2D eigenvalue weighted by atomic mass is 127. The molecule has 0 saturated heterocycles. The third kappa shape index (κ3) is 9.80. The van der Waals surface area contributed by atoms with E-state index in [1.165, 1.54) is 26.3 Å². The van der Waals surface area contributed by atoms with Gasteiger partial charge in [0.15, 0.2) is 24.2 Å². The van der Waals surface area contributed by atoms with Crippen molar-refractivity contribution < 1.29 is 33.7 Å². The Labute approximate surface area is 260 Å². The van der Waals surface area contributed by atoms with Gasteiger partial charge in [-0.1, -0.05) is 53.5 Å². The summed E-state index contributed by atoms with van der Waals surface area (Å²) in [6.07, 6.45) is 0.614. The Balaban J connectivity index is 1.72. The number of aliphatic carboxylic acids is 1. The predicted octanol–water partition coefficient (Wildman–Crippen LogP) is 4.72. The van der Waals surface area contributed by atoms with Crippen LogP contribution in [0.15, 0.2) is 65.8 Å². The first-order chi connectivity index (χ1) is 19.6. The second-order valence-electron chi connectivity index (χ2n) is 8.54. The lowest BCUT2D eigenvalue weighted by molar-refractivity contribution is -0.139. The number of halogens is 3. The highest BCUT2D eigenvalue weighted by Gasteiger charge is 2.25. The Bertz CT molecular complexity index is 1420. The molecule has 0 spiro atoms. The summed E-state index contributed by atoms with van der Waals surface area (Å²) in [5, 5.41) is 16.3. The number of hydrogen-bond acceptors (Lipinski definition) is 7. The van der Waals surface area contributed by atoms with E-state index in [4.69, 9.17) is 42.5 Å². The van der Waals surface area contributed by atoms with Gasteiger partial charge in [0.25, 0.3) is 11.8 Å². The number of carboxylic acid groups (broad SMARTS) is 1. The number of rotatable bonds is 13. The lowest BCUT2D eigenvalue weighted by Crippen LogP contribution is -2.50. The minimum absolute atomic E-state index is 0.198. The molecule has 0 unspecified atom stereocenters. The smallest absolute Gasteiger partial charge is 0.341 e. The number of ether oxygens (including phenoxy) is 3.